The van der Waals surface area contributed by atoms with Crippen molar-refractivity contribution >= 4 is 5.97 Å². The third-order valence-corrected chi connectivity index (χ3v) is 2.47. The molecule has 0 saturated heterocycles. The Labute approximate surface area is 83.6 Å². The number of nitrogens with zero attached hydrogens (tertiary/aromatic N) is 2. The Kier molecular flexibility index (Phi) is 3.28. The van der Waals surface area contributed by atoms with Gasteiger partial charge in [-0.1, -0.05) is 13.8 Å². The van der Waals surface area contributed by atoms with Crippen molar-refractivity contribution < 1.29 is 9.90 Å². The molecule has 78 valence electrons. The van der Waals surface area contributed by atoms with E-state index in [2.05, 4.69) is 4.98 Å². The number of aromatic nitrogens is 2. The summed E-state index contributed by atoms with van der Waals surface area (Å²) in [4.78, 5) is 14.9. The van der Waals surface area contributed by atoms with Crippen LogP contribution in [0, 0.1) is 11.8 Å². The second-order valence-corrected chi connectivity index (χ2v) is 3.89. The number of carboxylic acids is 1. The molecule has 4 heteroatoms. The highest BCUT2D eigenvalue weighted by atomic mass is 16.4. The summed E-state index contributed by atoms with van der Waals surface area (Å²) in [5.41, 5.74) is 0.964. The predicted molar refractivity (Wildman–Crippen MR) is 52.9 cm³/mol. The van der Waals surface area contributed by atoms with Crippen molar-refractivity contribution in [2.24, 2.45) is 18.9 Å². The van der Waals surface area contributed by atoms with Crippen LogP contribution in [0.2, 0.25) is 0 Å². The molecule has 1 N–H and O–H groups in total. The number of carboxylic acid groups (broad SMARTS) is 1. The second kappa shape index (κ2) is 4.26. The fourth-order valence-electron chi connectivity index (χ4n) is 1.41. The number of aryl methyl sites for hydroxylation is 1. The number of aliphatic carboxylic acids is 1. The molecule has 4 nitrogen and oxygen atoms in total. The van der Waals surface area contributed by atoms with Gasteiger partial charge in [0.15, 0.2) is 0 Å². The van der Waals surface area contributed by atoms with E-state index in [9.17, 15) is 4.79 Å². The number of carbonyl (C=O) groups is 1. The van der Waals surface area contributed by atoms with E-state index in [1.807, 2.05) is 25.5 Å². The number of hydrogen-bond donors (Lipinski definition) is 1. The maximum Gasteiger partial charge on any atom is 0.307 e. The maximum atomic E-state index is 10.9. The Morgan fingerprint density at radius 2 is 2.29 bits per heavy atom. The second-order valence-electron chi connectivity index (χ2n) is 3.89. The minimum atomic E-state index is -0.735. The van der Waals surface area contributed by atoms with E-state index in [1.165, 1.54) is 0 Å². The van der Waals surface area contributed by atoms with Gasteiger partial charge in [-0.25, -0.2) is 4.98 Å². The van der Waals surface area contributed by atoms with Crippen LogP contribution >= 0.6 is 0 Å². The van der Waals surface area contributed by atoms with E-state index in [4.69, 9.17) is 5.11 Å². The first-order chi connectivity index (χ1) is 6.52. The summed E-state index contributed by atoms with van der Waals surface area (Å²) < 4.78 is 1.86. The number of rotatable bonds is 4. The highest BCUT2D eigenvalue weighted by Gasteiger charge is 2.22. The van der Waals surface area contributed by atoms with E-state index in [-0.39, 0.29) is 11.8 Å². The van der Waals surface area contributed by atoms with Crippen molar-refractivity contribution in [1.82, 2.24) is 9.55 Å². The Hall–Kier alpha value is -1.32. The summed E-state index contributed by atoms with van der Waals surface area (Å²) in [5, 5.41) is 9.00. The lowest BCUT2D eigenvalue weighted by molar-refractivity contribution is -0.143. The Bertz CT molecular complexity index is 318. The summed E-state index contributed by atoms with van der Waals surface area (Å²) in [6.45, 7) is 3.85. The molecule has 0 aliphatic heterocycles. The molecule has 0 saturated carbocycles. The first-order valence-electron chi connectivity index (χ1n) is 4.70. The largest absolute Gasteiger partial charge is 0.481 e. The molecule has 1 heterocycles. The fourth-order valence-corrected chi connectivity index (χ4v) is 1.41. The molecule has 0 aliphatic rings. The van der Waals surface area contributed by atoms with Crippen LogP contribution in [-0.4, -0.2) is 20.6 Å². The van der Waals surface area contributed by atoms with Gasteiger partial charge in [0, 0.05) is 25.4 Å². The summed E-state index contributed by atoms with van der Waals surface area (Å²) in [6.07, 6.45) is 3.95. The normalized spacial score (nSPS) is 13.1. The monoisotopic (exact) mass is 196 g/mol. The predicted octanol–water partition coefficient (Wildman–Crippen LogP) is 1.32. The van der Waals surface area contributed by atoms with Crippen molar-refractivity contribution in [3.63, 3.8) is 0 Å². The molecule has 0 spiro atoms. The lowest BCUT2D eigenvalue weighted by atomic mass is 9.91. The molecule has 0 aliphatic carbocycles. The van der Waals surface area contributed by atoms with Gasteiger partial charge in [0.1, 0.15) is 0 Å². The van der Waals surface area contributed by atoms with Gasteiger partial charge in [0.25, 0.3) is 0 Å². The zero-order valence-corrected chi connectivity index (χ0v) is 8.77. The van der Waals surface area contributed by atoms with Gasteiger partial charge >= 0.3 is 5.97 Å². The van der Waals surface area contributed by atoms with E-state index in [0.717, 1.165) is 5.69 Å². The van der Waals surface area contributed by atoms with Gasteiger partial charge in [0.2, 0.25) is 0 Å². The number of hydrogen-bond acceptors (Lipinski definition) is 2. The summed E-state index contributed by atoms with van der Waals surface area (Å²) >= 11 is 0. The van der Waals surface area contributed by atoms with Crippen LogP contribution in [-0.2, 0) is 18.3 Å². The maximum absolute atomic E-state index is 10.9. The van der Waals surface area contributed by atoms with E-state index in [0.29, 0.717) is 6.42 Å². The van der Waals surface area contributed by atoms with Crippen molar-refractivity contribution in [2.45, 2.75) is 20.3 Å². The molecule has 0 unspecified atom stereocenters. The van der Waals surface area contributed by atoms with Gasteiger partial charge in [-0.2, -0.15) is 0 Å². The van der Waals surface area contributed by atoms with Crippen molar-refractivity contribution in [2.75, 3.05) is 0 Å². The zero-order chi connectivity index (χ0) is 10.7. The molecular formula is C10H16N2O2. The number of imidazole rings is 1. The van der Waals surface area contributed by atoms with Crippen molar-refractivity contribution in [3.8, 4) is 0 Å². The Balaban J connectivity index is 2.75. The van der Waals surface area contributed by atoms with Gasteiger partial charge in [-0.3, -0.25) is 4.79 Å². The van der Waals surface area contributed by atoms with Crippen LogP contribution in [0.5, 0.6) is 0 Å². The summed E-state index contributed by atoms with van der Waals surface area (Å²) in [7, 11) is 1.88. The molecule has 1 aromatic rings. The molecule has 0 aromatic carbocycles. The molecule has 0 amide bonds. The topological polar surface area (TPSA) is 55.1 Å². The standard InChI is InChI=1S/C10H16N2O2/c1-7(2)9(10(13)14)4-8-5-11-6-12(8)3/h5-7,9H,4H2,1-3H3,(H,13,14)/t9-/m1/s1. The molecule has 0 fully saturated rings. The first-order valence-corrected chi connectivity index (χ1v) is 4.70. The molecule has 1 rings (SSSR count). The third kappa shape index (κ3) is 2.34. The van der Waals surface area contributed by atoms with E-state index in [1.54, 1.807) is 12.5 Å². The van der Waals surface area contributed by atoms with Gasteiger partial charge in [-0.05, 0) is 5.92 Å². The Morgan fingerprint density at radius 1 is 1.64 bits per heavy atom. The SMILES string of the molecule is CC(C)[C@@H](Cc1cncn1C)C(=O)O. The average molecular weight is 196 g/mol. The van der Waals surface area contributed by atoms with Crippen molar-refractivity contribution in [1.29, 1.82) is 0 Å². The van der Waals surface area contributed by atoms with Gasteiger partial charge in [0.05, 0.1) is 12.2 Å². The van der Waals surface area contributed by atoms with Crippen LogP contribution in [0.3, 0.4) is 0 Å². The summed E-state index contributed by atoms with van der Waals surface area (Å²) in [5.74, 6) is -0.922. The fraction of sp³-hybridized carbons (Fsp3) is 0.600. The van der Waals surface area contributed by atoms with Crippen LogP contribution in [0.15, 0.2) is 12.5 Å². The van der Waals surface area contributed by atoms with Crippen LogP contribution in [0.25, 0.3) is 0 Å². The first kappa shape index (κ1) is 10.8. The quantitative estimate of drug-likeness (QED) is 0.790. The van der Waals surface area contributed by atoms with Gasteiger partial charge < -0.3 is 9.67 Å². The molecule has 1 aromatic heterocycles. The lowest BCUT2D eigenvalue weighted by Gasteiger charge is -2.15. The Morgan fingerprint density at radius 3 is 2.64 bits per heavy atom. The van der Waals surface area contributed by atoms with Crippen LogP contribution in [0.4, 0.5) is 0 Å². The highest BCUT2D eigenvalue weighted by Crippen LogP contribution is 2.16. The van der Waals surface area contributed by atoms with Gasteiger partial charge in [-0.15, -0.1) is 0 Å². The molecule has 0 radical (unpaired) electrons. The molecule has 0 bridgehead atoms. The smallest absolute Gasteiger partial charge is 0.307 e. The van der Waals surface area contributed by atoms with Crippen molar-refractivity contribution in [3.05, 3.63) is 18.2 Å². The third-order valence-electron chi connectivity index (χ3n) is 2.47. The minimum absolute atomic E-state index is 0.141. The zero-order valence-electron chi connectivity index (χ0n) is 8.77. The lowest BCUT2D eigenvalue weighted by Crippen LogP contribution is -2.23. The minimum Gasteiger partial charge on any atom is -0.481 e. The summed E-state index contributed by atoms with van der Waals surface area (Å²) in [6, 6.07) is 0. The van der Waals surface area contributed by atoms with E-state index >= 15 is 0 Å². The van der Waals surface area contributed by atoms with Crippen LogP contribution < -0.4 is 0 Å². The van der Waals surface area contributed by atoms with E-state index < -0.39 is 5.97 Å². The molecular weight excluding hydrogens is 180 g/mol. The average Bonchev–Trinajstić information content (AvgIpc) is 2.46. The highest BCUT2D eigenvalue weighted by molar-refractivity contribution is 5.70. The molecule has 1 atom stereocenters. The van der Waals surface area contributed by atoms with Crippen LogP contribution in [0.1, 0.15) is 19.5 Å². The molecule has 14 heavy (non-hydrogen) atoms.